The van der Waals surface area contributed by atoms with E-state index in [-0.39, 0.29) is 4.90 Å². The number of fused-ring (bicyclic) bond motifs is 4. The van der Waals surface area contributed by atoms with Crippen molar-refractivity contribution in [3.8, 4) is 0 Å². The Morgan fingerprint density at radius 2 is 2.17 bits per heavy atom. The summed E-state index contributed by atoms with van der Waals surface area (Å²) in [6.45, 7) is 1.02. The fourth-order valence-corrected chi connectivity index (χ4v) is 3.81. The molecule has 1 aliphatic rings. The van der Waals surface area contributed by atoms with Gasteiger partial charge in [0.05, 0.1) is 9.37 Å². The summed E-state index contributed by atoms with van der Waals surface area (Å²) in [5.41, 5.74) is 0.618. The van der Waals surface area contributed by atoms with Crippen molar-refractivity contribution in [1.29, 1.82) is 0 Å². The molecule has 2 aromatic rings. The average molecular weight is 398 g/mol. The summed E-state index contributed by atoms with van der Waals surface area (Å²) in [4.78, 5) is 8.84. The molecule has 0 atom stereocenters. The summed E-state index contributed by atoms with van der Waals surface area (Å²) >= 11 is 3.40. The van der Waals surface area contributed by atoms with Crippen molar-refractivity contribution >= 4 is 43.4 Å². The van der Waals surface area contributed by atoms with Gasteiger partial charge in [0.2, 0.25) is 16.0 Å². The molecular weight excluding hydrogens is 382 g/mol. The molecule has 4 bridgehead atoms. The van der Waals surface area contributed by atoms with Crippen molar-refractivity contribution < 1.29 is 8.42 Å². The smallest absolute Gasteiger partial charge is 0.242 e. The standard InChI is InChI=1S/C14H16BrN5O2S/c1-20-7-3-6-16-13-12(15)9-17-14(19-13)18-10-4-2-5-11(8-10)23(20,21)22/h2,4-5,8-9H,3,6-7H2,1H3,(H2,16,17,18,19). The molecule has 3 rings (SSSR count). The van der Waals surface area contributed by atoms with Gasteiger partial charge >= 0.3 is 0 Å². The molecule has 23 heavy (non-hydrogen) atoms. The van der Waals surface area contributed by atoms with Gasteiger partial charge < -0.3 is 10.6 Å². The van der Waals surface area contributed by atoms with Gasteiger partial charge in [-0.15, -0.1) is 0 Å². The molecule has 0 radical (unpaired) electrons. The van der Waals surface area contributed by atoms with Crippen LogP contribution in [0.5, 0.6) is 0 Å². The van der Waals surface area contributed by atoms with Gasteiger partial charge in [-0.1, -0.05) is 6.07 Å². The number of halogens is 1. The third-order valence-electron chi connectivity index (χ3n) is 3.48. The minimum atomic E-state index is -3.51. The van der Waals surface area contributed by atoms with Crippen LogP contribution in [-0.2, 0) is 10.0 Å². The zero-order chi connectivity index (χ0) is 16.4. The SMILES string of the molecule is CN1CCCNc2nc(ncc2Br)Nc2cccc(c2)S1(=O)=O. The average Bonchev–Trinajstić information content (AvgIpc) is 2.54. The molecule has 0 fully saturated rings. The summed E-state index contributed by atoms with van der Waals surface area (Å²) in [6, 6.07) is 6.64. The lowest BCUT2D eigenvalue weighted by atomic mass is 10.3. The number of sulfonamides is 1. The van der Waals surface area contributed by atoms with E-state index in [0.717, 1.165) is 4.47 Å². The van der Waals surface area contributed by atoms with Crippen molar-refractivity contribution in [1.82, 2.24) is 14.3 Å². The maximum Gasteiger partial charge on any atom is 0.242 e. The number of aromatic nitrogens is 2. The van der Waals surface area contributed by atoms with Crippen LogP contribution < -0.4 is 10.6 Å². The summed E-state index contributed by atoms with van der Waals surface area (Å²) in [7, 11) is -1.92. The summed E-state index contributed by atoms with van der Waals surface area (Å²) in [6.07, 6.45) is 2.32. The predicted molar refractivity (Wildman–Crippen MR) is 92.4 cm³/mol. The Morgan fingerprint density at radius 1 is 1.35 bits per heavy atom. The molecule has 1 aromatic carbocycles. The van der Waals surface area contributed by atoms with E-state index in [1.54, 1.807) is 37.5 Å². The van der Waals surface area contributed by atoms with Gasteiger partial charge in [0.1, 0.15) is 5.82 Å². The molecular formula is C14H16BrN5O2S. The highest BCUT2D eigenvalue weighted by Crippen LogP contribution is 2.24. The van der Waals surface area contributed by atoms with Gasteiger partial charge in [-0.05, 0) is 40.5 Å². The second-order valence-electron chi connectivity index (χ2n) is 5.15. The normalized spacial score (nSPS) is 17.8. The zero-order valence-electron chi connectivity index (χ0n) is 12.5. The Labute approximate surface area is 143 Å². The van der Waals surface area contributed by atoms with E-state index < -0.39 is 10.0 Å². The number of hydrogen-bond acceptors (Lipinski definition) is 6. The van der Waals surface area contributed by atoms with Crippen molar-refractivity contribution in [3.63, 3.8) is 0 Å². The maximum absolute atomic E-state index is 12.6. The third kappa shape index (κ3) is 3.46. The largest absolute Gasteiger partial charge is 0.369 e. The van der Waals surface area contributed by atoms with E-state index in [1.807, 2.05) is 0 Å². The second-order valence-corrected chi connectivity index (χ2v) is 8.05. The van der Waals surface area contributed by atoms with Crippen molar-refractivity contribution in [3.05, 3.63) is 34.9 Å². The van der Waals surface area contributed by atoms with Gasteiger partial charge in [0.15, 0.2) is 0 Å². The molecule has 0 unspecified atom stereocenters. The molecule has 1 aromatic heterocycles. The van der Waals surface area contributed by atoms with Gasteiger partial charge in [-0.2, -0.15) is 4.98 Å². The summed E-state index contributed by atoms with van der Waals surface area (Å²) < 4.78 is 27.3. The first-order chi connectivity index (χ1) is 11.0. The molecule has 0 saturated heterocycles. The topological polar surface area (TPSA) is 87.2 Å². The number of hydrogen-bond donors (Lipinski definition) is 2. The number of nitrogens with one attached hydrogen (secondary N) is 2. The Morgan fingerprint density at radius 3 is 3.00 bits per heavy atom. The lowest BCUT2D eigenvalue weighted by molar-refractivity contribution is 0.465. The minimum Gasteiger partial charge on any atom is -0.369 e. The van der Waals surface area contributed by atoms with Crippen molar-refractivity contribution in [2.45, 2.75) is 11.3 Å². The van der Waals surface area contributed by atoms with Crippen LogP contribution in [0.15, 0.2) is 39.8 Å². The second kappa shape index (κ2) is 6.42. The minimum absolute atomic E-state index is 0.245. The van der Waals surface area contributed by atoms with E-state index in [4.69, 9.17) is 0 Å². The van der Waals surface area contributed by atoms with Crippen LogP contribution in [0.1, 0.15) is 6.42 Å². The molecule has 0 saturated carbocycles. The van der Waals surface area contributed by atoms with Crippen LogP contribution in [0.4, 0.5) is 17.5 Å². The van der Waals surface area contributed by atoms with E-state index in [2.05, 4.69) is 36.5 Å². The molecule has 2 N–H and O–H groups in total. The quantitative estimate of drug-likeness (QED) is 0.709. The van der Waals surface area contributed by atoms with Gasteiger partial charge in [-0.25, -0.2) is 17.7 Å². The van der Waals surface area contributed by atoms with Crippen molar-refractivity contribution in [2.24, 2.45) is 0 Å². The molecule has 7 nitrogen and oxygen atoms in total. The van der Waals surface area contributed by atoms with Gasteiger partial charge in [0, 0.05) is 32.0 Å². The first kappa shape index (κ1) is 16.2. The predicted octanol–water partition coefficient (Wildman–Crippen LogP) is 2.42. The fourth-order valence-electron chi connectivity index (χ4n) is 2.22. The molecule has 0 amide bonds. The summed E-state index contributed by atoms with van der Waals surface area (Å²) in [5.74, 6) is 1.07. The molecule has 0 aliphatic carbocycles. The van der Waals surface area contributed by atoms with E-state index in [9.17, 15) is 8.42 Å². The van der Waals surface area contributed by atoms with E-state index in [0.29, 0.717) is 37.0 Å². The Hall–Kier alpha value is -1.71. The summed E-state index contributed by atoms with van der Waals surface area (Å²) in [5, 5.41) is 6.22. The number of rotatable bonds is 0. The molecule has 122 valence electrons. The molecule has 2 heterocycles. The Balaban J connectivity index is 2.05. The number of anilines is 3. The van der Waals surface area contributed by atoms with Crippen LogP contribution in [0, 0.1) is 0 Å². The highest BCUT2D eigenvalue weighted by molar-refractivity contribution is 9.10. The van der Waals surface area contributed by atoms with Crippen LogP contribution in [0.25, 0.3) is 0 Å². The third-order valence-corrected chi connectivity index (χ3v) is 5.92. The number of nitrogens with zero attached hydrogens (tertiary/aromatic N) is 3. The lowest BCUT2D eigenvalue weighted by Gasteiger charge is -2.17. The van der Waals surface area contributed by atoms with E-state index in [1.165, 1.54) is 4.31 Å². The molecule has 1 aliphatic heterocycles. The van der Waals surface area contributed by atoms with Gasteiger partial charge in [-0.3, -0.25) is 0 Å². The van der Waals surface area contributed by atoms with Crippen LogP contribution in [0.3, 0.4) is 0 Å². The maximum atomic E-state index is 12.6. The van der Waals surface area contributed by atoms with Crippen molar-refractivity contribution in [2.75, 3.05) is 30.8 Å². The first-order valence-electron chi connectivity index (χ1n) is 7.07. The van der Waals surface area contributed by atoms with Gasteiger partial charge in [0.25, 0.3) is 0 Å². The Kier molecular flexibility index (Phi) is 4.51. The Bertz CT molecular complexity index is 828. The molecule has 0 spiro atoms. The lowest BCUT2D eigenvalue weighted by Crippen LogP contribution is -2.29. The van der Waals surface area contributed by atoms with Crippen LogP contribution >= 0.6 is 15.9 Å². The highest BCUT2D eigenvalue weighted by Gasteiger charge is 2.21. The van der Waals surface area contributed by atoms with Crippen LogP contribution in [-0.4, -0.2) is 42.8 Å². The molecule has 9 heteroatoms. The monoisotopic (exact) mass is 397 g/mol. The first-order valence-corrected chi connectivity index (χ1v) is 9.30. The zero-order valence-corrected chi connectivity index (χ0v) is 14.9. The fraction of sp³-hybridized carbons (Fsp3) is 0.286. The number of benzene rings is 1. The van der Waals surface area contributed by atoms with E-state index >= 15 is 0 Å². The highest BCUT2D eigenvalue weighted by atomic mass is 79.9. The van der Waals surface area contributed by atoms with Crippen LogP contribution in [0.2, 0.25) is 0 Å².